The molecule has 0 unspecified atom stereocenters. The lowest BCUT2D eigenvalue weighted by atomic mass is 10.5. The molecule has 98 valence electrons. The minimum atomic E-state index is -4.32. The molecule has 10 heteroatoms. The molecule has 0 saturated carbocycles. The highest BCUT2D eigenvalue weighted by Crippen LogP contribution is 2.10. The predicted molar refractivity (Wildman–Crippen MR) is 57.0 cm³/mol. The average molecular weight is 278 g/mol. The molecule has 0 aliphatic rings. The number of quaternary nitrogens is 2. The van der Waals surface area contributed by atoms with Crippen LogP contribution in [0.4, 0.5) is 0 Å². The van der Waals surface area contributed by atoms with Gasteiger partial charge in [-0.25, -0.2) is 9.11 Å². The molecule has 2 N–H and O–H groups in total. The van der Waals surface area contributed by atoms with Gasteiger partial charge in [0.2, 0.25) is 0 Å². The molecule has 8 nitrogen and oxygen atoms in total. The third kappa shape index (κ3) is 3.64. The number of rotatable bonds is 5. The molecule has 0 saturated heterocycles. The van der Waals surface area contributed by atoms with E-state index in [1.54, 1.807) is 0 Å². The number of nitrogens with zero attached hydrogens (tertiary/aromatic N) is 2. The van der Waals surface area contributed by atoms with Crippen LogP contribution in [-0.4, -0.2) is 75.0 Å². The Balaban J connectivity index is 4.86. The molecule has 0 heterocycles. The second-order valence-corrected chi connectivity index (χ2v) is 8.26. The smallest absolute Gasteiger partial charge is 0.241 e. The molecule has 0 aliphatic heterocycles. The lowest BCUT2D eigenvalue weighted by Crippen LogP contribution is -2.54. The van der Waals surface area contributed by atoms with Crippen molar-refractivity contribution in [3.8, 4) is 0 Å². The van der Waals surface area contributed by atoms with Crippen molar-refractivity contribution in [1.29, 1.82) is 0 Å². The van der Waals surface area contributed by atoms with Crippen molar-refractivity contribution < 1.29 is 33.7 Å². The van der Waals surface area contributed by atoms with Crippen LogP contribution in [0.3, 0.4) is 0 Å². The minimum absolute atomic E-state index is 0.161. The van der Waals surface area contributed by atoms with E-state index >= 15 is 0 Å². The highest BCUT2D eigenvalue weighted by atomic mass is 32.2. The minimum Gasteiger partial charge on any atom is -0.241 e. The van der Waals surface area contributed by atoms with Gasteiger partial charge in [-0.05, 0) is 0 Å². The summed E-state index contributed by atoms with van der Waals surface area (Å²) < 4.78 is 59.9. The summed E-state index contributed by atoms with van der Waals surface area (Å²) in [5.74, 6) is 0. The molecule has 0 aromatic carbocycles. The maximum absolute atomic E-state index is 10.9. The van der Waals surface area contributed by atoms with Gasteiger partial charge >= 0.3 is 20.6 Å². The molecule has 0 radical (unpaired) electrons. The van der Waals surface area contributed by atoms with Gasteiger partial charge in [0.15, 0.2) is 0 Å². The Hall–Kier alpha value is -0.260. The number of hydrogen-bond acceptors (Lipinski definition) is 4. The first-order valence-corrected chi connectivity index (χ1v) is 7.11. The molecule has 0 bridgehead atoms. The number of likely N-dealkylation sites (N-methyl/N-ethyl adjacent to an activating group) is 2. The summed E-state index contributed by atoms with van der Waals surface area (Å²) in [6.45, 7) is -0.322. The first kappa shape index (κ1) is 15.7. The first-order valence-electron chi connectivity index (χ1n) is 4.32. The Kier molecular flexibility index (Phi) is 4.13. The predicted octanol–water partition coefficient (Wildman–Crippen LogP) is -1.26. The molecule has 0 fully saturated rings. The van der Waals surface area contributed by atoms with Gasteiger partial charge in [-0.15, -0.1) is 16.8 Å². The molecular formula is C6H18N2O6S2+2. The van der Waals surface area contributed by atoms with Gasteiger partial charge in [-0.2, -0.15) is 7.78 Å². The van der Waals surface area contributed by atoms with E-state index in [1.807, 2.05) is 0 Å². The molecule has 0 aromatic rings. The standard InChI is InChI=1S/C6H16N2O6S2/c1-7(2,15(9,10)11)5-6-8(3,4)16(12,13)14/h5-6H2,1-4H3/p+2. The van der Waals surface area contributed by atoms with E-state index in [1.165, 1.54) is 28.2 Å². The van der Waals surface area contributed by atoms with Gasteiger partial charge in [-0.1, -0.05) is 0 Å². The fraction of sp³-hybridized carbons (Fsp3) is 1.00. The van der Waals surface area contributed by atoms with Crippen LogP contribution in [-0.2, 0) is 20.6 Å². The summed E-state index contributed by atoms with van der Waals surface area (Å²) in [4.78, 5) is 0. The molecule has 16 heavy (non-hydrogen) atoms. The van der Waals surface area contributed by atoms with E-state index in [4.69, 9.17) is 9.11 Å². The number of hydrogen-bond donors (Lipinski definition) is 2. The van der Waals surface area contributed by atoms with Crippen molar-refractivity contribution in [2.75, 3.05) is 41.3 Å². The largest absolute Gasteiger partial charge is 0.432 e. The Morgan fingerprint density at radius 3 is 1.06 bits per heavy atom. The summed E-state index contributed by atoms with van der Waals surface area (Å²) in [7, 11) is -3.75. The highest BCUT2D eigenvalue weighted by Gasteiger charge is 2.38. The van der Waals surface area contributed by atoms with E-state index in [2.05, 4.69) is 0 Å². The van der Waals surface area contributed by atoms with Gasteiger partial charge in [0, 0.05) is 0 Å². The van der Waals surface area contributed by atoms with Crippen LogP contribution in [0.15, 0.2) is 0 Å². The second kappa shape index (κ2) is 4.20. The van der Waals surface area contributed by atoms with E-state index in [0.717, 1.165) is 0 Å². The van der Waals surface area contributed by atoms with Crippen LogP contribution in [0.2, 0.25) is 0 Å². The lowest BCUT2D eigenvalue weighted by molar-refractivity contribution is -0.828. The van der Waals surface area contributed by atoms with Crippen molar-refractivity contribution in [1.82, 2.24) is 0 Å². The summed E-state index contributed by atoms with van der Waals surface area (Å²) in [5.41, 5.74) is 0. The first-order chi connectivity index (χ1) is 6.71. The Morgan fingerprint density at radius 2 is 0.938 bits per heavy atom. The van der Waals surface area contributed by atoms with E-state index in [9.17, 15) is 16.8 Å². The average Bonchev–Trinajstić information content (AvgIpc) is 1.97. The zero-order valence-corrected chi connectivity index (χ0v) is 11.3. The Morgan fingerprint density at radius 1 is 0.750 bits per heavy atom. The molecule has 0 atom stereocenters. The van der Waals surface area contributed by atoms with E-state index in [-0.39, 0.29) is 13.1 Å². The van der Waals surface area contributed by atoms with E-state index in [0.29, 0.717) is 0 Å². The SMILES string of the molecule is C[N+](C)(CC[N+](C)(C)S(=O)(=O)O)S(=O)(=O)O. The van der Waals surface area contributed by atoms with Crippen molar-refractivity contribution in [3.63, 3.8) is 0 Å². The van der Waals surface area contributed by atoms with Crippen LogP contribution in [0, 0.1) is 0 Å². The molecule has 0 aromatic heterocycles. The molecular weight excluding hydrogens is 260 g/mol. The van der Waals surface area contributed by atoms with Gasteiger partial charge in [0.1, 0.15) is 13.1 Å². The summed E-state index contributed by atoms with van der Waals surface area (Å²) in [6.07, 6.45) is 0. The molecule has 0 rings (SSSR count). The van der Waals surface area contributed by atoms with Gasteiger partial charge in [-0.3, -0.25) is 0 Å². The van der Waals surface area contributed by atoms with Crippen LogP contribution < -0.4 is 0 Å². The fourth-order valence-corrected chi connectivity index (χ4v) is 1.34. The summed E-state index contributed by atoms with van der Waals surface area (Å²) >= 11 is 0. The highest BCUT2D eigenvalue weighted by molar-refractivity contribution is 7.80. The van der Waals surface area contributed by atoms with Crippen LogP contribution >= 0.6 is 0 Å². The zero-order valence-electron chi connectivity index (χ0n) is 9.65. The molecule has 0 spiro atoms. The second-order valence-electron chi connectivity index (χ2n) is 4.49. The lowest BCUT2D eigenvalue weighted by Gasteiger charge is -2.29. The molecule has 0 amide bonds. The topological polar surface area (TPSA) is 109 Å². The van der Waals surface area contributed by atoms with Gasteiger partial charge in [0.25, 0.3) is 0 Å². The Bertz CT molecular complexity index is 405. The quantitative estimate of drug-likeness (QED) is 0.480. The van der Waals surface area contributed by atoms with Crippen molar-refractivity contribution in [2.24, 2.45) is 0 Å². The summed E-state index contributed by atoms with van der Waals surface area (Å²) in [6, 6.07) is 0. The third-order valence-corrected chi connectivity index (χ3v) is 5.29. The fourth-order valence-electron chi connectivity index (χ4n) is 0.712. The maximum atomic E-state index is 10.9. The van der Waals surface area contributed by atoms with Gasteiger partial charge in [0.05, 0.1) is 28.2 Å². The maximum Gasteiger partial charge on any atom is 0.432 e. The zero-order chi connectivity index (χ0) is 13.4. The summed E-state index contributed by atoms with van der Waals surface area (Å²) in [5, 5.41) is 0. The van der Waals surface area contributed by atoms with Crippen LogP contribution in [0.5, 0.6) is 0 Å². The van der Waals surface area contributed by atoms with Crippen LogP contribution in [0.25, 0.3) is 0 Å². The third-order valence-electron chi connectivity index (χ3n) is 2.43. The monoisotopic (exact) mass is 278 g/mol. The van der Waals surface area contributed by atoms with Crippen molar-refractivity contribution in [2.45, 2.75) is 0 Å². The molecule has 0 aliphatic carbocycles. The van der Waals surface area contributed by atoms with Crippen molar-refractivity contribution >= 4 is 20.6 Å². The normalized spacial score (nSPS) is 15.1. The van der Waals surface area contributed by atoms with Gasteiger partial charge < -0.3 is 0 Å². The van der Waals surface area contributed by atoms with E-state index < -0.39 is 28.4 Å². The Labute approximate surface area is 96.0 Å². The van der Waals surface area contributed by atoms with Crippen molar-refractivity contribution in [3.05, 3.63) is 0 Å². The van der Waals surface area contributed by atoms with Crippen LogP contribution in [0.1, 0.15) is 0 Å².